The molecule has 0 aliphatic heterocycles. The van der Waals surface area contributed by atoms with Crippen molar-refractivity contribution in [3.63, 3.8) is 0 Å². The average molecular weight is 498 g/mol. The van der Waals surface area contributed by atoms with Gasteiger partial charge in [0.1, 0.15) is 5.82 Å². The molecule has 0 bridgehead atoms. The highest BCUT2D eigenvalue weighted by molar-refractivity contribution is 7.99. The molecule has 4 rings (SSSR count). The summed E-state index contributed by atoms with van der Waals surface area (Å²) in [6, 6.07) is 15.3. The first-order chi connectivity index (χ1) is 16.5. The van der Waals surface area contributed by atoms with Gasteiger partial charge in [0.05, 0.1) is 12.2 Å². The Morgan fingerprint density at radius 2 is 1.82 bits per heavy atom. The number of para-hydroxylation sites is 1. The van der Waals surface area contributed by atoms with Crippen molar-refractivity contribution >= 4 is 40.9 Å². The van der Waals surface area contributed by atoms with Crippen LogP contribution in [0.25, 0.3) is 5.69 Å². The van der Waals surface area contributed by atoms with E-state index < -0.39 is 0 Å². The minimum atomic E-state index is -0.226. The maximum absolute atomic E-state index is 12.8. The molecule has 7 nitrogen and oxygen atoms in total. The molecule has 2 amide bonds. The van der Waals surface area contributed by atoms with Crippen LogP contribution in [0.3, 0.4) is 0 Å². The third-order valence-corrected chi connectivity index (χ3v) is 7.13. The smallest absolute Gasteiger partial charge is 0.232 e. The number of halogens is 1. The molecule has 1 aliphatic carbocycles. The van der Waals surface area contributed by atoms with Crippen LogP contribution in [-0.2, 0) is 16.0 Å². The summed E-state index contributed by atoms with van der Waals surface area (Å²) < 4.78 is 1.83. The summed E-state index contributed by atoms with van der Waals surface area (Å²) in [5.74, 6) is 0.512. The second-order valence-electron chi connectivity index (χ2n) is 8.45. The Bertz CT molecular complexity index is 1150. The number of hydrogen-bond donors (Lipinski definition) is 2. The lowest BCUT2D eigenvalue weighted by Gasteiger charge is -2.22. The molecule has 1 saturated carbocycles. The number of aromatic nitrogens is 3. The third kappa shape index (κ3) is 6.39. The first-order valence-electron chi connectivity index (χ1n) is 11.5. The number of carbonyl (C=O) groups excluding carboxylic acids is 2. The molecular weight excluding hydrogens is 470 g/mol. The first kappa shape index (κ1) is 24.3. The van der Waals surface area contributed by atoms with E-state index in [1.165, 1.54) is 31.0 Å². The number of nitrogens with one attached hydrogen (secondary N) is 2. The van der Waals surface area contributed by atoms with E-state index in [4.69, 9.17) is 11.6 Å². The molecule has 2 N–H and O–H groups in total. The topological polar surface area (TPSA) is 88.9 Å². The number of anilines is 1. The fourth-order valence-electron chi connectivity index (χ4n) is 4.01. The number of thioether (sulfide) groups is 1. The van der Waals surface area contributed by atoms with Crippen molar-refractivity contribution < 1.29 is 9.59 Å². The Morgan fingerprint density at radius 1 is 1.06 bits per heavy atom. The number of rotatable bonds is 8. The van der Waals surface area contributed by atoms with E-state index in [0.29, 0.717) is 21.7 Å². The maximum atomic E-state index is 12.8. The fraction of sp³-hybridized carbons (Fsp3) is 0.360. The van der Waals surface area contributed by atoms with E-state index in [1.807, 2.05) is 54.0 Å². The summed E-state index contributed by atoms with van der Waals surface area (Å²) in [7, 11) is 0. The summed E-state index contributed by atoms with van der Waals surface area (Å²) in [5, 5.41) is 15.7. The van der Waals surface area contributed by atoms with E-state index in [2.05, 4.69) is 20.8 Å². The second kappa shape index (κ2) is 11.5. The highest BCUT2D eigenvalue weighted by atomic mass is 35.5. The largest absolute Gasteiger partial charge is 0.353 e. The zero-order valence-corrected chi connectivity index (χ0v) is 20.7. The minimum Gasteiger partial charge on any atom is -0.353 e. The molecule has 1 fully saturated rings. The van der Waals surface area contributed by atoms with Crippen LogP contribution in [0.5, 0.6) is 0 Å². The fourth-order valence-corrected chi connectivity index (χ4v) is 4.97. The number of amides is 2. The van der Waals surface area contributed by atoms with E-state index in [1.54, 1.807) is 6.07 Å². The molecule has 34 heavy (non-hydrogen) atoms. The normalized spacial score (nSPS) is 14.1. The molecule has 0 spiro atoms. The van der Waals surface area contributed by atoms with Crippen LogP contribution >= 0.6 is 23.4 Å². The molecule has 1 heterocycles. The highest BCUT2D eigenvalue weighted by Gasteiger charge is 2.20. The van der Waals surface area contributed by atoms with Crippen LogP contribution < -0.4 is 10.6 Å². The number of carbonyl (C=O) groups is 2. The van der Waals surface area contributed by atoms with E-state index >= 15 is 0 Å². The van der Waals surface area contributed by atoms with Gasteiger partial charge in [-0.2, -0.15) is 0 Å². The van der Waals surface area contributed by atoms with Crippen molar-refractivity contribution in [3.8, 4) is 5.69 Å². The molecule has 1 aromatic heterocycles. The lowest BCUT2D eigenvalue weighted by Crippen LogP contribution is -2.37. The van der Waals surface area contributed by atoms with Gasteiger partial charge in [-0.25, -0.2) is 0 Å². The number of hydrogen-bond acceptors (Lipinski definition) is 5. The predicted octanol–water partition coefficient (Wildman–Crippen LogP) is 4.95. The van der Waals surface area contributed by atoms with E-state index in [-0.39, 0.29) is 30.0 Å². The van der Waals surface area contributed by atoms with Crippen molar-refractivity contribution in [1.82, 2.24) is 20.1 Å². The number of benzene rings is 2. The van der Waals surface area contributed by atoms with Crippen molar-refractivity contribution in [2.24, 2.45) is 0 Å². The van der Waals surface area contributed by atoms with E-state index in [0.717, 1.165) is 24.1 Å². The van der Waals surface area contributed by atoms with Gasteiger partial charge in [0.25, 0.3) is 0 Å². The van der Waals surface area contributed by atoms with Crippen molar-refractivity contribution in [1.29, 1.82) is 0 Å². The number of aryl methyl sites for hydroxylation is 1. The van der Waals surface area contributed by atoms with Gasteiger partial charge in [-0.3, -0.25) is 14.2 Å². The van der Waals surface area contributed by atoms with Gasteiger partial charge < -0.3 is 10.6 Å². The lowest BCUT2D eigenvalue weighted by atomic mass is 9.95. The lowest BCUT2D eigenvalue weighted by molar-refractivity contribution is -0.119. The Hall–Kier alpha value is -2.84. The molecule has 3 aromatic rings. The van der Waals surface area contributed by atoms with E-state index in [9.17, 15) is 9.59 Å². The zero-order valence-electron chi connectivity index (χ0n) is 19.1. The van der Waals surface area contributed by atoms with Gasteiger partial charge in [-0.15, -0.1) is 10.2 Å². The van der Waals surface area contributed by atoms with Gasteiger partial charge in [0.15, 0.2) is 5.16 Å². The van der Waals surface area contributed by atoms with Crippen LogP contribution in [0.4, 0.5) is 5.69 Å². The minimum absolute atomic E-state index is 0.00458. The number of nitrogens with zero attached hydrogens (tertiary/aromatic N) is 3. The van der Waals surface area contributed by atoms with Crippen LogP contribution in [0.2, 0.25) is 5.02 Å². The Labute approximate surface area is 208 Å². The molecule has 2 aromatic carbocycles. The van der Waals surface area contributed by atoms with Crippen LogP contribution in [0.1, 0.15) is 43.5 Å². The van der Waals surface area contributed by atoms with Gasteiger partial charge in [0, 0.05) is 22.4 Å². The Morgan fingerprint density at radius 3 is 2.56 bits per heavy atom. The van der Waals surface area contributed by atoms with Crippen molar-refractivity contribution in [3.05, 3.63) is 64.9 Å². The van der Waals surface area contributed by atoms with Gasteiger partial charge in [-0.1, -0.05) is 66.9 Å². The molecule has 9 heteroatoms. The van der Waals surface area contributed by atoms with Crippen LogP contribution in [-0.4, -0.2) is 38.4 Å². The molecule has 0 atom stereocenters. The maximum Gasteiger partial charge on any atom is 0.232 e. The summed E-state index contributed by atoms with van der Waals surface area (Å²) in [6.07, 6.45) is 5.70. The second-order valence-corrected chi connectivity index (χ2v) is 9.80. The molecular formula is C25H28ClN5O2S. The van der Waals surface area contributed by atoms with Gasteiger partial charge >= 0.3 is 0 Å². The van der Waals surface area contributed by atoms with Gasteiger partial charge in [-0.05, 0) is 49.6 Å². The molecule has 1 aliphatic rings. The summed E-state index contributed by atoms with van der Waals surface area (Å²) in [6.45, 7) is 1.91. The predicted molar refractivity (Wildman–Crippen MR) is 136 cm³/mol. The standard InChI is InChI=1S/C25H28ClN5O2S/c1-17-12-13-19(14-21(17)26)28-23(32)15-22-29-30-25(31(22)20-10-6-3-7-11-20)34-16-24(33)27-18-8-4-2-5-9-18/h3,6-7,10-14,18H,2,4-5,8-9,15-16H2,1H3,(H,27,33)(H,28,32). The molecule has 0 unspecified atom stereocenters. The first-order valence-corrected chi connectivity index (χ1v) is 12.8. The summed E-state index contributed by atoms with van der Waals surface area (Å²) in [4.78, 5) is 25.3. The highest BCUT2D eigenvalue weighted by Crippen LogP contribution is 2.24. The quantitative estimate of drug-likeness (QED) is 0.430. The molecule has 0 saturated heterocycles. The SMILES string of the molecule is Cc1ccc(NC(=O)Cc2nnc(SCC(=O)NC3CCCCC3)n2-c2ccccc2)cc1Cl. The van der Waals surface area contributed by atoms with Crippen LogP contribution in [0.15, 0.2) is 53.7 Å². The van der Waals surface area contributed by atoms with Crippen molar-refractivity contribution in [2.75, 3.05) is 11.1 Å². The average Bonchev–Trinajstić information content (AvgIpc) is 3.23. The molecule has 178 valence electrons. The monoisotopic (exact) mass is 497 g/mol. The Kier molecular flexibility index (Phi) is 8.24. The van der Waals surface area contributed by atoms with Crippen LogP contribution in [0, 0.1) is 6.92 Å². The third-order valence-electron chi connectivity index (χ3n) is 5.79. The molecule has 0 radical (unpaired) electrons. The van der Waals surface area contributed by atoms with Crippen molar-refractivity contribution in [2.45, 2.75) is 56.6 Å². The zero-order chi connectivity index (χ0) is 23.9. The summed E-state index contributed by atoms with van der Waals surface area (Å²) >= 11 is 7.50. The van der Waals surface area contributed by atoms with Gasteiger partial charge in [0.2, 0.25) is 11.8 Å². The Balaban J connectivity index is 1.46. The summed E-state index contributed by atoms with van der Waals surface area (Å²) in [5.41, 5.74) is 2.40.